The third-order valence-corrected chi connectivity index (χ3v) is 6.42. The van der Waals surface area contributed by atoms with Gasteiger partial charge in [-0.1, -0.05) is 24.3 Å². The molecular weight excluding hydrogens is 320 g/mol. The molecule has 4 rings (SSSR count). The summed E-state index contributed by atoms with van der Waals surface area (Å²) >= 11 is 0. The topological polar surface area (TPSA) is 32.3 Å². The zero-order valence-electron chi connectivity index (χ0n) is 14.6. The molecule has 0 radical (unpaired) electrons. The summed E-state index contributed by atoms with van der Waals surface area (Å²) < 4.78 is 0. The third kappa shape index (κ3) is 2.97. The normalized spacial score (nSPS) is 29.0. The van der Waals surface area contributed by atoms with E-state index in [0.29, 0.717) is 5.91 Å². The maximum absolute atomic E-state index is 13.0. The maximum Gasteiger partial charge on any atom is 0.226 e. The molecule has 0 bridgehead atoms. The number of hydrogen-bond acceptors (Lipinski definition) is 2. The Kier molecular flexibility index (Phi) is 5.22. The van der Waals surface area contributed by atoms with Crippen LogP contribution in [0.4, 0.5) is 0 Å². The van der Waals surface area contributed by atoms with E-state index in [2.05, 4.69) is 34.5 Å². The van der Waals surface area contributed by atoms with E-state index >= 15 is 0 Å². The van der Waals surface area contributed by atoms with Gasteiger partial charge in [0.25, 0.3) is 0 Å². The van der Waals surface area contributed by atoms with Crippen molar-refractivity contribution in [3.8, 4) is 0 Å². The van der Waals surface area contributed by atoms with Gasteiger partial charge in [0.2, 0.25) is 5.91 Å². The number of fused-ring (bicyclic) bond motifs is 2. The minimum Gasteiger partial charge on any atom is -0.342 e. The summed E-state index contributed by atoms with van der Waals surface area (Å²) in [5.74, 6) is 1.43. The van der Waals surface area contributed by atoms with Gasteiger partial charge in [-0.05, 0) is 69.2 Å². The lowest BCUT2D eigenvalue weighted by atomic mass is 9.78. The number of carbonyl (C=O) groups excluding carboxylic acids is 1. The van der Waals surface area contributed by atoms with Crippen LogP contribution in [0.1, 0.15) is 43.2 Å². The molecule has 0 aromatic heterocycles. The molecule has 2 fully saturated rings. The Bertz CT molecular complexity index is 597. The average molecular weight is 349 g/mol. The second-order valence-corrected chi connectivity index (χ2v) is 7.75. The largest absolute Gasteiger partial charge is 0.342 e. The van der Waals surface area contributed by atoms with E-state index in [9.17, 15) is 4.79 Å². The Balaban J connectivity index is 0.00000169. The molecule has 1 heterocycles. The highest BCUT2D eigenvalue weighted by molar-refractivity contribution is 5.85. The Morgan fingerprint density at radius 1 is 1.29 bits per heavy atom. The van der Waals surface area contributed by atoms with E-state index < -0.39 is 0 Å². The molecule has 1 amide bonds. The van der Waals surface area contributed by atoms with Crippen LogP contribution < -0.4 is 5.32 Å². The van der Waals surface area contributed by atoms with Crippen LogP contribution in [-0.2, 0) is 16.6 Å². The van der Waals surface area contributed by atoms with Crippen molar-refractivity contribution in [1.29, 1.82) is 0 Å². The molecule has 3 nitrogen and oxygen atoms in total. The van der Waals surface area contributed by atoms with Gasteiger partial charge in [0.05, 0.1) is 0 Å². The van der Waals surface area contributed by atoms with Crippen molar-refractivity contribution in [2.24, 2.45) is 11.8 Å². The average Bonchev–Trinajstić information content (AvgIpc) is 3.30. The van der Waals surface area contributed by atoms with E-state index in [1.54, 1.807) is 0 Å². The molecule has 3 aliphatic rings. The van der Waals surface area contributed by atoms with Crippen molar-refractivity contribution in [2.75, 3.05) is 26.7 Å². The quantitative estimate of drug-likeness (QED) is 0.910. The van der Waals surface area contributed by atoms with Crippen LogP contribution in [0.25, 0.3) is 0 Å². The molecule has 4 heteroatoms. The Morgan fingerprint density at radius 2 is 2.04 bits per heavy atom. The highest BCUT2D eigenvalue weighted by Crippen LogP contribution is 2.60. The summed E-state index contributed by atoms with van der Waals surface area (Å²) in [6, 6.07) is 8.83. The van der Waals surface area contributed by atoms with Crippen LogP contribution in [0.2, 0.25) is 0 Å². The second kappa shape index (κ2) is 7.05. The molecule has 1 aromatic carbocycles. The first kappa shape index (κ1) is 17.8. The van der Waals surface area contributed by atoms with Gasteiger partial charge in [-0.15, -0.1) is 12.4 Å². The first-order valence-electron chi connectivity index (χ1n) is 9.26. The number of piperidine rings is 1. The number of likely N-dealkylation sites (tertiary alicyclic amines) is 1. The summed E-state index contributed by atoms with van der Waals surface area (Å²) in [4.78, 5) is 15.2. The maximum atomic E-state index is 13.0. The molecule has 1 spiro atoms. The number of benzene rings is 1. The smallest absolute Gasteiger partial charge is 0.226 e. The number of aryl methyl sites for hydroxylation is 1. The standard InChI is InChI=1S/C20H28N2O.ClH/c1-21-14-15-8-11-22(12-9-15)19(23)18-13-20(18)10-4-6-16-5-2-3-7-17(16)20;/h2-3,5,7,15,18,21H,4,6,8-14H2,1H3;1H. The molecule has 1 N–H and O–H groups in total. The van der Waals surface area contributed by atoms with Gasteiger partial charge in [0.15, 0.2) is 0 Å². The summed E-state index contributed by atoms with van der Waals surface area (Å²) in [6.45, 7) is 3.00. The van der Waals surface area contributed by atoms with Gasteiger partial charge < -0.3 is 10.2 Å². The molecular formula is C20H29ClN2O. The van der Waals surface area contributed by atoms with Gasteiger partial charge in [-0.25, -0.2) is 0 Å². The van der Waals surface area contributed by atoms with Gasteiger partial charge in [-0.2, -0.15) is 0 Å². The summed E-state index contributed by atoms with van der Waals surface area (Å²) in [7, 11) is 2.02. The van der Waals surface area contributed by atoms with E-state index in [-0.39, 0.29) is 23.7 Å². The summed E-state index contributed by atoms with van der Waals surface area (Å²) in [5, 5.41) is 3.27. The van der Waals surface area contributed by atoms with Crippen molar-refractivity contribution in [3.63, 3.8) is 0 Å². The van der Waals surface area contributed by atoms with Crippen LogP contribution in [0, 0.1) is 11.8 Å². The summed E-state index contributed by atoms with van der Waals surface area (Å²) in [5.41, 5.74) is 3.16. The van der Waals surface area contributed by atoms with Gasteiger partial charge in [-0.3, -0.25) is 4.79 Å². The number of nitrogens with zero attached hydrogens (tertiary/aromatic N) is 1. The van der Waals surface area contributed by atoms with E-state index in [1.807, 2.05) is 7.05 Å². The molecule has 2 atom stereocenters. The molecule has 1 saturated carbocycles. The fourth-order valence-electron chi connectivity index (χ4n) is 5.02. The predicted molar refractivity (Wildman–Crippen MR) is 99.6 cm³/mol. The number of hydrogen-bond donors (Lipinski definition) is 1. The SMILES string of the molecule is CNCC1CCN(C(=O)C2CC23CCCc2ccccc23)CC1.Cl. The zero-order valence-corrected chi connectivity index (χ0v) is 15.4. The van der Waals surface area contributed by atoms with Crippen molar-refractivity contribution in [1.82, 2.24) is 10.2 Å². The monoisotopic (exact) mass is 348 g/mol. The Morgan fingerprint density at radius 3 is 2.79 bits per heavy atom. The lowest BCUT2D eigenvalue weighted by Crippen LogP contribution is -2.42. The first-order valence-corrected chi connectivity index (χ1v) is 9.26. The molecule has 24 heavy (non-hydrogen) atoms. The van der Waals surface area contributed by atoms with Gasteiger partial charge in [0.1, 0.15) is 0 Å². The van der Waals surface area contributed by atoms with Crippen molar-refractivity contribution >= 4 is 18.3 Å². The van der Waals surface area contributed by atoms with Gasteiger partial charge >= 0.3 is 0 Å². The molecule has 1 aliphatic heterocycles. The van der Waals surface area contributed by atoms with E-state index in [0.717, 1.165) is 44.8 Å². The fraction of sp³-hybridized carbons (Fsp3) is 0.650. The molecule has 1 aromatic rings. The minimum absolute atomic E-state index is 0. The Hall–Kier alpha value is -1.06. The number of carbonyl (C=O) groups is 1. The predicted octanol–water partition coefficient (Wildman–Crippen LogP) is 3.16. The zero-order chi connectivity index (χ0) is 15.9. The summed E-state index contributed by atoms with van der Waals surface area (Å²) in [6.07, 6.45) is 7.03. The first-order chi connectivity index (χ1) is 11.2. The highest BCUT2D eigenvalue weighted by Gasteiger charge is 2.60. The number of rotatable bonds is 3. The van der Waals surface area contributed by atoms with E-state index in [1.165, 1.54) is 30.4 Å². The van der Waals surface area contributed by atoms with Crippen LogP contribution in [0.3, 0.4) is 0 Å². The lowest BCUT2D eigenvalue weighted by Gasteiger charge is -2.33. The third-order valence-electron chi connectivity index (χ3n) is 6.42. The highest BCUT2D eigenvalue weighted by atomic mass is 35.5. The molecule has 132 valence electrons. The fourth-order valence-corrected chi connectivity index (χ4v) is 5.02. The van der Waals surface area contributed by atoms with Crippen LogP contribution in [-0.4, -0.2) is 37.5 Å². The van der Waals surface area contributed by atoms with Crippen molar-refractivity contribution in [2.45, 2.75) is 43.9 Å². The molecule has 2 unspecified atom stereocenters. The molecule has 1 saturated heterocycles. The van der Waals surface area contributed by atoms with Crippen LogP contribution >= 0.6 is 12.4 Å². The van der Waals surface area contributed by atoms with Crippen molar-refractivity contribution < 1.29 is 4.79 Å². The van der Waals surface area contributed by atoms with Crippen molar-refractivity contribution in [3.05, 3.63) is 35.4 Å². The van der Waals surface area contributed by atoms with Crippen LogP contribution in [0.5, 0.6) is 0 Å². The second-order valence-electron chi connectivity index (χ2n) is 7.75. The van der Waals surface area contributed by atoms with E-state index in [4.69, 9.17) is 0 Å². The Labute approximate surface area is 151 Å². The van der Waals surface area contributed by atoms with Gasteiger partial charge in [0, 0.05) is 24.4 Å². The van der Waals surface area contributed by atoms with Crippen LogP contribution in [0.15, 0.2) is 24.3 Å². The minimum atomic E-state index is 0. The number of nitrogens with one attached hydrogen (secondary N) is 1. The number of amides is 1. The lowest BCUT2D eigenvalue weighted by molar-refractivity contribution is -0.134. The number of halogens is 1. The molecule has 2 aliphatic carbocycles.